The molecular formula is C63H84O3S. The van der Waals surface area contributed by atoms with Crippen molar-refractivity contribution in [2.75, 3.05) is 0 Å². The van der Waals surface area contributed by atoms with Crippen LogP contribution in [0.2, 0.25) is 0 Å². The van der Waals surface area contributed by atoms with Crippen LogP contribution in [0.5, 0.6) is 0 Å². The van der Waals surface area contributed by atoms with Gasteiger partial charge in [-0.05, 0) is 197 Å². The number of hydrogen-bond donors (Lipinski definition) is 0. The number of ketones is 1. The normalized spacial score (nSPS) is 9.67. The van der Waals surface area contributed by atoms with Crippen LogP contribution in [-0.2, 0) is 9.84 Å². The summed E-state index contributed by atoms with van der Waals surface area (Å²) in [4.78, 5) is 13.1. The third-order valence-electron chi connectivity index (χ3n) is 11.1. The Labute approximate surface area is 409 Å². The van der Waals surface area contributed by atoms with E-state index in [0.29, 0.717) is 9.79 Å². The number of sulfone groups is 1. The molecule has 0 aliphatic rings. The number of aryl methyl sites for hydroxylation is 12. The molecule has 7 aromatic rings. The third kappa shape index (κ3) is 19.5. The first kappa shape index (κ1) is 61.2. The first-order valence-electron chi connectivity index (χ1n) is 24.1. The lowest BCUT2D eigenvalue weighted by molar-refractivity contribution is 0.103. The molecule has 0 atom stereocenters. The summed E-state index contributed by atoms with van der Waals surface area (Å²) in [6, 6.07) is 47.5. The molecular weight excluding hydrogens is 837 g/mol. The van der Waals surface area contributed by atoms with Crippen LogP contribution in [0.3, 0.4) is 0 Å². The lowest BCUT2D eigenvalue weighted by atomic mass is 9.97. The summed E-state index contributed by atoms with van der Waals surface area (Å²) < 4.78 is 25.1. The van der Waals surface area contributed by atoms with Crippen LogP contribution in [0.25, 0.3) is 11.1 Å². The van der Waals surface area contributed by atoms with Gasteiger partial charge in [-0.15, -0.1) is 0 Å². The van der Waals surface area contributed by atoms with Gasteiger partial charge in [-0.2, -0.15) is 0 Å². The number of carbonyl (C=O) groups excluding carboxylic acids is 1. The molecule has 3 nitrogen and oxygen atoms in total. The van der Waals surface area contributed by atoms with Crippen molar-refractivity contribution in [3.8, 4) is 11.1 Å². The molecule has 67 heavy (non-hydrogen) atoms. The van der Waals surface area contributed by atoms with E-state index >= 15 is 0 Å². The fourth-order valence-electron chi connectivity index (χ4n) is 6.20. The third-order valence-corrected chi connectivity index (χ3v) is 12.9. The van der Waals surface area contributed by atoms with Crippen LogP contribution >= 0.6 is 0 Å². The van der Waals surface area contributed by atoms with Gasteiger partial charge in [-0.1, -0.05) is 165 Å². The highest BCUT2D eigenvalue weighted by atomic mass is 32.2. The summed E-state index contributed by atoms with van der Waals surface area (Å²) in [6.07, 6.45) is 0. The lowest BCUT2D eigenvalue weighted by Crippen LogP contribution is -2.03. The van der Waals surface area contributed by atoms with Crippen molar-refractivity contribution in [2.45, 2.75) is 148 Å². The fraction of sp³-hybridized carbons (Fsp3) is 0.317. The topological polar surface area (TPSA) is 51.2 Å². The van der Waals surface area contributed by atoms with Crippen LogP contribution in [0, 0.1) is 83.1 Å². The Bertz CT molecular complexity index is 2440. The van der Waals surface area contributed by atoms with E-state index in [2.05, 4.69) is 102 Å². The van der Waals surface area contributed by atoms with Crippen LogP contribution in [0.1, 0.15) is 138 Å². The van der Waals surface area contributed by atoms with Gasteiger partial charge in [-0.3, -0.25) is 4.79 Å². The molecule has 0 saturated heterocycles. The van der Waals surface area contributed by atoms with Crippen LogP contribution < -0.4 is 0 Å². The zero-order valence-corrected chi connectivity index (χ0v) is 45.8. The molecule has 0 radical (unpaired) electrons. The zero-order chi connectivity index (χ0) is 51.4. The van der Waals surface area contributed by atoms with Crippen molar-refractivity contribution in [3.05, 3.63) is 223 Å². The van der Waals surface area contributed by atoms with Crippen molar-refractivity contribution in [3.63, 3.8) is 0 Å². The van der Waals surface area contributed by atoms with E-state index in [1.165, 1.54) is 44.5 Å². The van der Waals surface area contributed by atoms with Crippen molar-refractivity contribution in [1.82, 2.24) is 0 Å². The quantitative estimate of drug-likeness (QED) is 0.162. The first-order chi connectivity index (χ1) is 31.9. The van der Waals surface area contributed by atoms with Gasteiger partial charge in [-0.25, -0.2) is 8.42 Å². The minimum absolute atomic E-state index is 0.0983. The lowest BCUT2D eigenvalue weighted by Gasteiger charge is -2.09. The van der Waals surface area contributed by atoms with Gasteiger partial charge >= 0.3 is 0 Å². The maximum atomic E-state index is 12.6. The molecule has 0 saturated carbocycles. The van der Waals surface area contributed by atoms with E-state index in [-0.39, 0.29) is 5.78 Å². The number of benzene rings is 7. The predicted octanol–water partition coefficient (Wildman–Crippen LogP) is 18.3. The van der Waals surface area contributed by atoms with Crippen LogP contribution in [0.4, 0.5) is 0 Å². The molecule has 0 spiro atoms. The van der Waals surface area contributed by atoms with Gasteiger partial charge in [0.2, 0.25) is 9.84 Å². The molecule has 0 aliphatic carbocycles. The molecule has 0 unspecified atom stereocenters. The molecule has 0 amide bonds. The second-order valence-electron chi connectivity index (χ2n) is 15.7. The Balaban J connectivity index is 0.000000843. The molecule has 0 aliphatic heterocycles. The molecule has 7 rings (SSSR count). The van der Waals surface area contributed by atoms with E-state index in [4.69, 9.17) is 0 Å². The van der Waals surface area contributed by atoms with E-state index in [0.717, 1.165) is 44.5 Å². The van der Waals surface area contributed by atoms with E-state index in [1.807, 2.05) is 158 Å². The zero-order valence-electron chi connectivity index (χ0n) is 45.0. The van der Waals surface area contributed by atoms with Gasteiger partial charge in [0.1, 0.15) is 0 Å². The Hall–Kier alpha value is -5.84. The minimum Gasteiger partial charge on any atom is -0.289 e. The molecule has 7 aromatic carbocycles. The van der Waals surface area contributed by atoms with Crippen molar-refractivity contribution < 1.29 is 13.2 Å². The molecule has 360 valence electrons. The van der Waals surface area contributed by atoms with Gasteiger partial charge in [0.15, 0.2) is 5.78 Å². The van der Waals surface area contributed by atoms with Gasteiger partial charge < -0.3 is 0 Å². The molecule has 4 heteroatoms. The molecule has 0 fully saturated rings. The largest absolute Gasteiger partial charge is 0.289 e. The number of rotatable bonds is 5. The SMILES string of the molecule is CC.CC.CC.CC.Cc1cc(C)c(C)cc1C.Cc1ccc(C(=O)c2ccc(C)c(C)c2)cc1C.Cc1ccc(S(=O)(=O)c2ccc(C)c(C)c2)cc1C.c1ccc(-c2ccccc2)cc1. The Morgan fingerprint density at radius 3 is 0.776 bits per heavy atom. The van der Waals surface area contributed by atoms with Crippen LogP contribution in [0.15, 0.2) is 155 Å². The highest BCUT2D eigenvalue weighted by Crippen LogP contribution is 2.25. The summed E-state index contributed by atoms with van der Waals surface area (Å²) in [5.41, 5.74) is 18.6. The summed E-state index contributed by atoms with van der Waals surface area (Å²) >= 11 is 0. The Morgan fingerprint density at radius 2 is 0.522 bits per heavy atom. The van der Waals surface area contributed by atoms with Crippen molar-refractivity contribution >= 4 is 15.6 Å². The standard InChI is InChI=1S/C17H18O.C16H18O2S.C12H10.C10H14.4C2H6/c1-11-5-7-15(9-13(11)3)17(18)16-8-6-12(2)14(4)10-16;1-11-5-7-15(9-13(11)3)19(17,18)16-8-6-12(2)14(4)10-16;1-3-7-11(8-4-1)12-9-5-2-6-10-12;1-7-5-9(3)10(4)6-8(7)2;4*1-2/h5-10H,1-4H3;5-10H,1-4H3;1-10H;5-6H,1-4H3;4*1-2H3. The summed E-state index contributed by atoms with van der Waals surface area (Å²) in [7, 11) is -3.42. The predicted molar refractivity (Wildman–Crippen MR) is 295 cm³/mol. The summed E-state index contributed by atoms with van der Waals surface area (Å²) in [6.45, 7) is 40.6. The maximum Gasteiger partial charge on any atom is 0.206 e. The average molecular weight is 921 g/mol. The first-order valence-corrected chi connectivity index (χ1v) is 25.6. The summed E-state index contributed by atoms with van der Waals surface area (Å²) in [5, 5.41) is 0. The summed E-state index contributed by atoms with van der Waals surface area (Å²) in [5.74, 6) is 0.0983. The van der Waals surface area contributed by atoms with E-state index in [1.54, 1.807) is 24.3 Å². The van der Waals surface area contributed by atoms with Gasteiger partial charge in [0.05, 0.1) is 9.79 Å². The second-order valence-corrected chi connectivity index (χ2v) is 17.6. The Kier molecular flexibility index (Phi) is 29.2. The number of carbonyl (C=O) groups is 1. The van der Waals surface area contributed by atoms with Gasteiger partial charge in [0, 0.05) is 11.1 Å². The molecule has 0 aromatic heterocycles. The fourth-order valence-corrected chi connectivity index (χ4v) is 7.63. The minimum atomic E-state index is -3.42. The monoisotopic (exact) mass is 921 g/mol. The van der Waals surface area contributed by atoms with Gasteiger partial charge in [0.25, 0.3) is 0 Å². The highest BCUT2D eigenvalue weighted by molar-refractivity contribution is 7.91. The van der Waals surface area contributed by atoms with E-state index in [9.17, 15) is 13.2 Å². The van der Waals surface area contributed by atoms with Crippen molar-refractivity contribution in [2.24, 2.45) is 0 Å². The number of hydrogen-bond acceptors (Lipinski definition) is 3. The van der Waals surface area contributed by atoms with Crippen molar-refractivity contribution in [1.29, 1.82) is 0 Å². The van der Waals surface area contributed by atoms with Crippen LogP contribution in [-0.4, -0.2) is 14.2 Å². The van der Waals surface area contributed by atoms with E-state index < -0.39 is 9.84 Å². The smallest absolute Gasteiger partial charge is 0.206 e. The molecule has 0 N–H and O–H groups in total. The molecule has 0 heterocycles. The highest BCUT2D eigenvalue weighted by Gasteiger charge is 2.18. The molecule has 0 bridgehead atoms. The second kappa shape index (κ2) is 32.0. The maximum absolute atomic E-state index is 12.6. The Morgan fingerprint density at radius 1 is 0.284 bits per heavy atom. The average Bonchev–Trinajstić information content (AvgIpc) is 3.35.